The summed E-state index contributed by atoms with van der Waals surface area (Å²) in [5.41, 5.74) is 1.26. The maximum Gasteiger partial charge on any atom is 0.119 e. The summed E-state index contributed by atoms with van der Waals surface area (Å²) in [6, 6.07) is 8.78. The third kappa shape index (κ3) is 2.74. The van der Waals surface area contributed by atoms with Crippen LogP contribution in [0.1, 0.15) is 18.4 Å². The molecular weight excluding hydrogens is 202 g/mol. The number of rotatable bonds is 5. The molecular formula is C13H19NO2. The van der Waals surface area contributed by atoms with Crippen molar-refractivity contribution in [1.29, 1.82) is 0 Å². The van der Waals surface area contributed by atoms with Crippen LogP contribution in [-0.4, -0.2) is 26.4 Å². The molecule has 0 bridgehead atoms. The Kier molecular flexibility index (Phi) is 3.80. The maximum absolute atomic E-state index is 5.24. The molecule has 0 spiro atoms. The van der Waals surface area contributed by atoms with Crippen LogP contribution in [-0.2, 0) is 11.3 Å². The topological polar surface area (TPSA) is 30.5 Å². The lowest BCUT2D eigenvalue weighted by Gasteiger charge is -2.34. The Morgan fingerprint density at radius 1 is 1.31 bits per heavy atom. The van der Waals surface area contributed by atoms with Gasteiger partial charge in [0.1, 0.15) is 5.75 Å². The highest BCUT2D eigenvalue weighted by Gasteiger charge is 2.28. The average Bonchev–Trinajstić information content (AvgIpc) is 2.28. The summed E-state index contributed by atoms with van der Waals surface area (Å²) in [6.45, 7) is 0.901. The van der Waals surface area contributed by atoms with Gasteiger partial charge < -0.3 is 14.8 Å². The van der Waals surface area contributed by atoms with E-state index in [1.807, 2.05) is 12.1 Å². The van der Waals surface area contributed by atoms with Gasteiger partial charge in [-0.25, -0.2) is 0 Å². The quantitative estimate of drug-likeness (QED) is 0.824. The molecule has 88 valence electrons. The zero-order valence-electron chi connectivity index (χ0n) is 9.90. The first kappa shape index (κ1) is 11.4. The van der Waals surface area contributed by atoms with E-state index in [4.69, 9.17) is 9.47 Å². The zero-order chi connectivity index (χ0) is 11.4. The fourth-order valence-corrected chi connectivity index (χ4v) is 1.97. The Balaban J connectivity index is 1.77. The number of hydrogen-bond donors (Lipinski definition) is 1. The SMILES string of the molecule is COc1cccc(CNC2CC(OC)C2)c1. The predicted molar refractivity (Wildman–Crippen MR) is 63.7 cm³/mol. The van der Waals surface area contributed by atoms with E-state index >= 15 is 0 Å². The standard InChI is InChI=1S/C13H19NO2/c1-15-12-5-3-4-10(6-12)9-14-11-7-13(8-11)16-2/h3-6,11,13-14H,7-9H2,1-2H3. The van der Waals surface area contributed by atoms with Gasteiger partial charge in [0.25, 0.3) is 0 Å². The van der Waals surface area contributed by atoms with Crippen molar-refractivity contribution in [1.82, 2.24) is 5.32 Å². The van der Waals surface area contributed by atoms with Gasteiger partial charge in [0.05, 0.1) is 13.2 Å². The van der Waals surface area contributed by atoms with Crippen LogP contribution in [0.2, 0.25) is 0 Å². The molecule has 1 aliphatic carbocycles. The Hall–Kier alpha value is -1.06. The van der Waals surface area contributed by atoms with E-state index in [1.165, 1.54) is 5.56 Å². The van der Waals surface area contributed by atoms with Crippen LogP contribution < -0.4 is 10.1 Å². The van der Waals surface area contributed by atoms with Crippen molar-refractivity contribution < 1.29 is 9.47 Å². The molecule has 0 radical (unpaired) electrons. The minimum absolute atomic E-state index is 0.461. The number of hydrogen-bond acceptors (Lipinski definition) is 3. The number of nitrogens with one attached hydrogen (secondary N) is 1. The molecule has 0 saturated heterocycles. The Morgan fingerprint density at radius 2 is 2.12 bits per heavy atom. The second-order valence-corrected chi connectivity index (χ2v) is 4.26. The number of ether oxygens (including phenoxy) is 2. The molecule has 0 unspecified atom stereocenters. The van der Waals surface area contributed by atoms with Crippen LogP contribution >= 0.6 is 0 Å². The molecule has 1 saturated carbocycles. The summed E-state index contributed by atoms with van der Waals surface area (Å²) in [4.78, 5) is 0. The Morgan fingerprint density at radius 3 is 2.81 bits per heavy atom. The lowest BCUT2D eigenvalue weighted by Crippen LogP contribution is -2.44. The summed E-state index contributed by atoms with van der Waals surface area (Å²) < 4.78 is 10.4. The first-order valence-electron chi connectivity index (χ1n) is 5.71. The fourth-order valence-electron chi connectivity index (χ4n) is 1.97. The minimum atomic E-state index is 0.461. The van der Waals surface area contributed by atoms with Crippen molar-refractivity contribution in [2.24, 2.45) is 0 Å². The van der Waals surface area contributed by atoms with Gasteiger partial charge in [-0.1, -0.05) is 12.1 Å². The van der Waals surface area contributed by atoms with Crippen LogP contribution in [0.15, 0.2) is 24.3 Å². The third-order valence-electron chi connectivity index (χ3n) is 3.16. The molecule has 0 heterocycles. The largest absolute Gasteiger partial charge is 0.497 e. The van der Waals surface area contributed by atoms with Gasteiger partial charge in [0.2, 0.25) is 0 Å². The molecule has 1 aromatic rings. The van der Waals surface area contributed by atoms with Gasteiger partial charge in [-0.15, -0.1) is 0 Å². The molecule has 0 aliphatic heterocycles. The summed E-state index contributed by atoms with van der Waals surface area (Å²) in [5.74, 6) is 0.919. The van der Waals surface area contributed by atoms with Crippen LogP contribution in [0.4, 0.5) is 0 Å². The van der Waals surface area contributed by atoms with Gasteiger partial charge in [-0.3, -0.25) is 0 Å². The van der Waals surface area contributed by atoms with E-state index < -0.39 is 0 Å². The molecule has 3 nitrogen and oxygen atoms in total. The Bertz CT molecular complexity index is 334. The van der Waals surface area contributed by atoms with Crippen molar-refractivity contribution in [3.05, 3.63) is 29.8 Å². The molecule has 0 aromatic heterocycles. The van der Waals surface area contributed by atoms with Crippen LogP contribution in [0.5, 0.6) is 5.75 Å². The third-order valence-corrected chi connectivity index (χ3v) is 3.16. The molecule has 0 atom stereocenters. The normalized spacial score (nSPS) is 23.9. The van der Waals surface area contributed by atoms with Gasteiger partial charge in [0.15, 0.2) is 0 Å². The smallest absolute Gasteiger partial charge is 0.119 e. The lowest BCUT2D eigenvalue weighted by atomic mass is 9.89. The van der Waals surface area contributed by atoms with E-state index in [1.54, 1.807) is 14.2 Å². The first-order chi connectivity index (χ1) is 7.81. The molecule has 2 rings (SSSR count). The van der Waals surface area contributed by atoms with Gasteiger partial charge in [-0.2, -0.15) is 0 Å². The average molecular weight is 221 g/mol. The van der Waals surface area contributed by atoms with E-state index in [-0.39, 0.29) is 0 Å². The second kappa shape index (κ2) is 5.32. The van der Waals surface area contributed by atoms with E-state index in [2.05, 4.69) is 17.4 Å². The Labute approximate surface area is 96.8 Å². The van der Waals surface area contributed by atoms with E-state index in [0.717, 1.165) is 25.1 Å². The minimum Gasteiger partial charge on any atom is -0.497 e. The zero-order valence-corrected chi connectivity index (χ0v) is 9.90. The summed E-state index contributed by atoms with van der Waals surface area (Å²) in [6.07, 6.45) is 2.71. The highest BCUT2D eigenvalue weighted by molar-refractivity contribution is 5.28. The van der Waals surface area contributed by atoms with E-state index in [9.17, 15) is 0 Å². The molecule has 3 heteroatoms. The van der Waals surface area contributed by atoms with Crippen LogP contribution in [0, 0.1) is 0 Å². The van der Waals surface area contributed by atoms with Crippen molar-refractivity contribution in [3.63, 3.8) is 0 Å². The second-order valence-electron chi connectivity index (χ2n) is 4.26. The number of benzene rings is 1. The highest BCUT2D eigenvalue weighted by Crippen LogP contribution is 2.23. The summed E-state index contributed by atoms with van der Waals surface area (Å²) in [5, 5.41) is 3.52. The van der Waals surface area contributed by atoms with Crippen LogP contribution in [0.25, 0.3) is 0 Å². The molecule has 16 heavy (non-hydrogen) atoms. The van der Waals surface area contributed by atoms with Crippen molar-refractivity contribution in [2.45, 2.75) is 31.5 Å². The molecule has 1 N–H and O–H groups in total. The summed E-state index contributed by atoms with van der Waals surface area (Å²) in [7, 11) is 3.48. The predicted octanol–water partition coefficient (Wildman–Crippen LogP) is 1.96. The molecule has 0 amide bonds. The summed E-state index contributed by atoms with van der Waals surface area (Å²) >= 11 is 0. The van der Waals surface area contributed by atoms with Gasteiger partial charge >= 0.3 is 0 Å². The lowest BCUT2D eigenvalue weighted by molar-refractivity contribution is 0.0170. The van der Waals surface area contributed by atoms with Crippen molar-refractivity contribution in [3.8, 4) is 5.75 Å². The van der Waals surface area contributed by atoms with Crippen LogP contribution in [0.3, 0.4) is 0 Å². The van der Waals surface area contributed by atoms with Gasteiger partial charge in [0, 0.05) is 19.7 Å². The highest BCUT2D eigenvalue weighted by atomic mass is 16.5. The monoisotopic (exact) mass is 221 g/mol. The van der Waals surface area contributed by atoms with Gasteiger partial charge in [-0.05, 0) is 30.5 Å². The fraction of sp³-hybridized carbons (Fsp3) is 0.538. The maximum atomic E-state index is 5.24. The van der Waals surface area contributed by atoms with E-state index in [0.29, 0.717) is 12.1 Å². The first-order valence-corrected chi connectivity index (χ1v) is 5.71. The molecule has 1 aromatic carbocycles. The number of methoxy groups -OCH3 is 2. The van der Waals surface area contributed by atoms with Crippen molar-refractivity contribution >= 4 is 0 Å². The van der Waals surface area contributed by atoms with Crippen molar-refractivity contribution in [2.75, 3.05) is 14.2 Å². The molecule has 1 aliphatic rings. The molecule has 1 fully saturated rings.